The van der Waals surface area contributed by atoms with Crippen molar-refractivity contribution in [1.29, 1.82) is 0 Å². The summed E-state index contributed by atoms with van der Waals surface area (Å²) in [6, 6.07) is 5.81. The van der Waals surface area contributed by atoms with Crippen molar-refractivity contribution in [3.8, 4) is 0 Å². The lowest BCUT2D eigenvalue weighted by atomic mass is 9.88. The normalized spacial score (nSPS) is 24.4. The maximum atomic E-state index is 12.7. The van der Waals surface area contributed by atoms with Crippen LogP contribution in [-0.4, -0.2) is 44.8 Å². The molecule has 0 aromatic heterocycles. The molecule has 6 nitrogen and oxygen atoms in total. The second-order valence-corrected chi connectivity index (χ2v) is 7.39. The van der Waals surface area contributed by atoms with Gasteiger partial charge in [0.1, 0.15) is 0 Å². The number of para-hydroxylation sites is 1. The molecule has 0 radical (unpaired) electrons. The molecular weight excluding hydrogens is 328 g/mol. The first-order chi connectivity index (χ1) is 11.4. The zero-order valence-corrected chi connectivity index (χ0v) is 15.1. The van der Waals surface area contributed by atoms with Crippen molar-refractivity contribution in [2.45, 2.75) is 25.4 Å². The van der Waals surface area contributed by atoms with Gasteiger partial charge in [-0.15, -0.1) is 0 Å². The number of carbonyl (C=O) groups is 1. The molecule has 3 rings (SSSR count). The van der Waals surface area contributed by atoms with Crippen molar-refractivity contribution in [3.63, 3.8) is 0 Å². The van der Waals surface area contributed by atoms with Crippen molar-refractivity contribution in [2.75, 3.05) is 38.4 Å². The predicted molar refractivity (Wildman–Crippen MR) is 95.1 cm³/mol. The molecule has 1 aromatic rings. The smallest absolute Gasteiger partial charge is 0.227 e. The highest BCUT2D eigenvalue weighted by Gasteiger charge is 2.40. The summed E-state index contributed by atoms with van der Waals surface area (Å²) < 4.78 is 5.49. The minimum absolute atomic E-state index is 0.00864. The van der Waals surface area contributed by atoms with E-state index in [9.17, 15) is 4.79 Å². The van der Waals surface area contributed by atoms with Crippen molar-refractivity contribution in [2.24, 2.45) is 5.92 Å². The van der Waals surface area contributed by atoms with Gasteiger partial charge in [-0.3, -0.25) is 4.79 Å². The lowest BCUT2D eigenvalue weighted by molar-refractivity contribution is -0.128. The third-order valence-electron chi connectivity index (χ3n) is 4.66. The van der Waals surface area contributed by atoms with Gasteiger partial charge in [-0.25, -0.2) is 5.43 Å². The highest BCUT2D eigenvalue weighted by Crippen LogP contribution is 2.41. The number of anilines is 1. The molecule has 2 unspecified atom stereocenters. The van der Waals surface area contributed by atoms with E-state index in [0.29, 0.717) is 24.8 Å². The molecular formula is C17H25ClN4O2. The van der Waals surface area contributed by atoms with Crippen LogP contribution in [0, 0.1) is 5.92 Å². The Kier molecular flexibility index (Phi) is 5.01. The number of benzene rings is 1. The first kappa shape index (κ1) is 17.5. The maximum Gasteiger partial charge on any atom is 0.227 e. The van der Waals surface area contributed by atoms with Crippen LogP contribution in [0.2, 0.25) is 5.02 Å². The number of halogens is 1. The first-order valence-electron chi connectivity index (χ1n) is 8.29. The molecule has 24 heavy (non-hydrogen) atoms. The molecule has 2 aliphatic heterocycles. The molecule has 1 aromatic carbocycles. The summed E-state index contributed by atoms with van der Waals surface area (Å²) in [5.41, 5.74) is 4.98. The van der Waals surface area contributed by atoms with Crippen LogP contribution in [-0.2, 0) is 9.53 Å². The Morgan fingerprint density at radius 3 is 3.04 bits per heavy atom. The maximum absolute atomic E-state index is 12.7. The fourth-order valence-electron chi connectivity index (χ4n) is 3.36. The van der Waals surface area contributed by atoms with E-state index in [0.717, 1.165) is 17.8 Å². The van der Waals surface area contributed by atoms with Gasteiger partial charge < -0.3 is 20.4 Å². The van der Waals surface area contributed by atoms with Gasteiger partial charge in [0.25, 0.3) is 0 Å². The lowest BCUT2D eigenvalue weighted by Gasteiger charge is -2.34. The second kappa shape index (κ2) is 6.88. The van der Waals surface area contributed by atoms with Crippen molar-refractivity contribution in [1.82, 2.24) is 16.1 Å². The topological polar surface area (TPSA) is 65.6 Å². The summed E-state index contributed by atoms with van der Waals surface area (Å²) in [6.07, 6.45) is 0. The third kappa shape index (κ3) is 3.37. The van der Waals surface area contributed by atoms with E-state index in [1.165, 1.54) is 0 Å². The van der Waals surface area contributed by atoms with Gasteiger partial charge in [0.2, 0.25) is 5.91 Å². The average Bonchev–Trinajstić information content (AvgIpc) is 2.72. The second-order valence-electron chi connectivity index (χ2n) is 6.99. The van der Waals surface area contributed by atoms with Crippen LogP contribution in [0.4, 0.5) is 5.69 Å². The van der Waals surface area contributed by atoms with Crippen LogP contribution in [0.1, 0.15) is 25.5 Å². The standard InChI is InChI=1S/C17H25ClN4O2/c1-17(2,20-16(23)11-9-19-7-8-24-10-11)15-12-5-4-6-13(18)14(12)22(3)21-15/h4-6,11,15,19,21H,7-10H2,1-3H3,(H,20,23). The van der Waals surface area contributed by atoms with Crippen molar-refractivity contribution < 1.29 is 9.53 Å². The highest BCUT2D eigenvalue weighted by molar-refractivity contribution is 6.33. The summed E-state index contributed by atoms with van der Waals surface area (Å²) in [5.74, 6) is -0.168. The lowest BCUT2D eigenvalue weighted by Crippen LogP contribution is -2.55. The number of hydrogen-bond donors (Lipinski definition) is 3. The van der Waals surface area contributed by atoms with Gasteiger partial charge in [0, 0.05) is 20.1 Å². The molecule has 2 aliphatic rings. The number of rotatable bonds is 3. The molecule has 1 saturated heterocycles. The van der Waals surface area contributed by atoms with E-state index in [4.69, 9.17) is 16.3 Å². The molecule has 0 spiro atoms. The number of nitrogens with zero attached hydrogens (tertiary/aromatic N) is 1. The van der Waals surface area contributed by atoms with Crippen LogP contribution in [0.3, 0.4) is 0 Å². The molecule has 0 saturated carbocycles. The minimum atomic E-state index is -0.479. The van der Waals surface area contributed by atoms with Crippen molar-refractivity contribution in [3.05, 3.63) is 28.8 Å². The summed E-state index contributed by atoms with van der Waals surface area (Å²) in [4.78, 5) is 12.7. The quantitative estimate of drug-likeness (QED) is 0.768. The molecule has 7 heteroatoms. The molecule has 3 N–H and O–H groups in total. The van der Waals surface area contributed by atoms with Gasteiger partial charge >= 0.3 is 0 Å². The Morgan fingerprint density at radius 1 is 1.46 bits per heavy atom. The molecule has 132 valence electrons. The fourth-order valence-corrected chi connectivity index (χ4v) is 3.67. The van der Waals surface area contributed by atoms with Crippen molar-refractivity contribution >= 4 is 23.2 Å². The Balaban J connectivity index is 1.77. The SMILES string of the molecule is CN1NC(C(C)(C)NC(=O)C2CNCCOC2)c2cccc(Cl)c21. The molecule has 2 atom stereocenters. The van der Waals surface area contributed by atoms with Gasteiger partial charge in [-0.1, -0.05) is 23.7 Å². The van der Waals surface area contributed by atoms with Gasteiger partial charge in [-0.2, -0.15) is 0 Å². The van der Waals surface area contributed by atoms with Gasteiger partial charge in [0.05, 0.1) is 41.4 Å². The molecule has 1 fully saturated rings. The average molecular weight is 353 g/mol. The van der Waals surface area contributed by atoms with E-state index in [-0.39, 0.29) is 17.9 Å². The Bertz CT molecular complexity index is 615. The summed E-state index contributed by atoms with van der Waals surface area (Å²) >= 11 is 6.33. The highest BCUT2D eigenvalue weighted by atomic mass is 35.5. The van der Waals surface area contributed by atoms with Crippen LogP contribution < -0.4 is 21.1 Å². The fraction of sp³-hybridized carbons (Fsp3) is 0.588. The number of fused-ring (bicyclic) bond motifs is 1. The van der Waals surface area contributed by atoms with E-state index < -0.39 is 5.54 Å². The number of ether oxygens (including phenoxy) is 1. The van der Waals surface area contributed by atoms with E-state index >= 15 is 0 Å². The number of hydrogen-bond acceptors (Lipinski definition) is 5. The van der Waals surface area contributed by atoms with Crippen LogP contribution in [0.15, 0.2) is 18.2 Å². The number of nitrogens with one attached hydrogen (secondary N) is 3. The molecule has 1 amide bonds. The van der Waals surface area contributed by atoms with Crippen LogP contribution in [0.5, 0.6) is 0 Å². The minimum Gasteiger partial charge on any atom is -0.379 e. The van der Waals surface area contributed by atoms with Gasteiger partial charge in [-0.05, 0) is 25.5 Å². The summed E-state index contributed by atoms with van der Waals surface area (Å²) in [7, 11) is 1.94. The zero-order chi connectivity index (χ0) is 17.3. The van der Waals surface area contributed by atoms with E-state index in [1.807, 2.05) is 44.1 Å². The Hall–Kier alpha value is -1.34. The van der Waals surface area contributed by atoms with Crippen LogP contribution in [0.25, 0.3) is 0 Å². The molecule has 0 bridgehead atoms. The molecule has 0 aliphatic carbocycles. The molecule has 2 heterocycles. The third-order valence-corrected chi connectivity index (χ3v) is 4.96. The van der Waals surface area contributed by atoms with Crippen LogP contribution >= 0.6 is 11.6 Å². The summed E-state index contributed by atoms with van der Waals surface area (Å²) in [5, 5.41) is 9.05. The monoisotopic (exact) mass is 352 g/mol. The van der Waals surface area contributed by atoms with Gasteiger partial charge in [0.15, 0.2) is 0 Å². The van der Waals surface area contributed by atoms with E-state index in [2.05, 4.69) is 16.1 Å². The number of amides is 1. The predicted octanol–water partition coefficient (Wildman–Crippen LogP) is 1.47. The summed E-state index contributed by atoms with van der Waals surface area (Å²) in [6.45, 7) is 6.58. The Labute approximate surface area is 147 Å². The Morgan fingerprint density at radius 2 is 2.25 bits per heavy atom. The number of hydrazine groups is 1. The first-order valence-corrected chi connectivity index (χ1v) is 8.67. The number of carbonyl (C=O) groups excluding carboxylic acids is 1. The van der Waals surface area contributed by atoms with E-state index in [1.54, 1.807) is 0 Å². The zero-order valence-electron chi connectivity index (χ0n) is 14.4. The largest absolute Gasteiger partial charge is 0.379 e.